The number of ether oxygens (including phenoxy) is 1. The van der Waals surface area contributed by atoms with Crippen molar-refractivity contribution in [3.8, 4) is 11.1 Å². The Balaban J connectivity index is 1.48. The van der Waals surface area contributed by atoms with E-state index < -0.39 is 11.8 Å². The van der Waals surface area contributed by atoms with Crippen LogP contribution in [0.25, 0.3) is 28.1 Å². The van der Waals surface area contributed by atoms with E-state index >= 15 is 0 Å². The third-order valence-corrected chi connectivity index (χ3v) is 7.85. The first-order valence-electron chi connectivity index (χ1n) is 13.8. The number of methoxy groups -OCH3 is 1. The number of fused-ring (bicyclic) bond motifs is 1. The quantitative estimate of drug-likeness (QED) is 0.170. The first-order chi connectivity index (χ1) is 19.3. The van der Waals surface area contributed by atoms with Crippen molar-refractivity contribution >= 4 is 42.4 Å². The zero-order valence-electron chi connectivity index (χ0n) is 23.1. The molecule has 1 atom stereocenters. The maximum absolute atomic E-state index is 14.8. The predicted molar refractivity (Wildman–Crippen MR) is 159 cm³/mol. The van der Waals surface area contributed by atoms with Gasteiger partial charge < -0.3 is 9.64 Å². The maximum atomic E-state index is 14.8. The lowest BCUT2D eigenvalue weighted by Gasteiger charge is -2.34. The molecule has 1 aromatic heterocycles. The third kappa shape index (κ3) is 5.86. The Labute approximate surface area is 234 Å². The van der Waals surface area contributed by atoms with E-state index in [9.17, 15) is 14.0 Å². The number of carbonyl (C=O) groups is 2. The largest absolute Gasteiger partial charge is 0.466 e. The molecule has 0 bridgehead atoms. The highest BCUT2D eigenvalue weighted by Gasteiger charge is 2.31. The van der Waals surface area contributed by atoms with Gasteiger partial charge in [0, 0.05) is 36.1 Å². The number of anilines is 1. The number of carbonyl (C=O) groups excluding carboxylic acids is 2. The van der Waals surface area contributed by atoms with Crippen molar-refractivity contribution in [1.29, 1.82) is 0 Å². The highest BCUT2D eigenvalue weighted by molar-refractivity contribution is 6.18. The van der Waals surface area contributed by atoms with Gasteiger partial charge in [-0.25, -0.2) is 9.18 Å². The van der Waals surface area contributed by atoms with Crippen molar-refractivity contribution in [3.05, 3.63) is 89.9 Å². The van der Waals surface area contributed by atoms with E-state index in [0.717, 1.165) is 59.7 Å². The summed E-state index contributed by atoms with van der Waals surface area (Å²) in [6, 6.07) is 18.9. The summed E-state index contributed by atoms with van der Waals surface area (Å²) >= 11 is 0. The second-order valence-corrected chi connectivity index (χ2v) is 10.5. The lowest BCUT2D eigenvalue weighted by Crippen LogP contribution is -2.40. The van der Waals surface area contributed by atoms with Crippen molar-refractivity contribution < 1.29 is 18.7 Å². The summed E-state index contributed by atoms with van der Waals surface area (Å²) in [4.78, 5) is 27.3. The van der Waals surface area contributed by atoms with Gasteiger partial charge in [-0.05, 0) is 71.5 Å². The second kappa shape index (κ2) is 11.9. The minimum absolute atomic E-state index is 0.00630. The average Bonchev–Trinajstić information content (AvgIpc) is 3.36. The molecule has 6 nitrogen and oxygen atoms in total. The third-order valence-electron chi connectivity index (χ3n) is 7.85. The molecule has 1 aliphatic rings. The van der Waals surface area contributed by atoms with Crippen LogP contribution in [-0.2, 0) is 21.4 Å². The van der Waals surface area contributed by atoms with Crippen LogP contribution in [0.5, 0.6) is 0 Å². The summed E-state index contributed by atoms with van der Waals surface area (Å²) in [5.41, 5.74) is 5.12. The molecule has 204 valence electrons. The number of hydrogen-bond donors (Lipinski definition) is 0. The number of halogens is 1. The molecule has 1 unspecified atom stereocenters. The molecule has 0 aliphatic heterocycles. The van der Waals surface area contributed by atoms with Crippen LogP contribution in [-0.4, -0.2) is 36.6 Å². The molecule has 1 aliphatic carbocycles. The lowest BCUT2D eigenvalue weighted by atomic mass is 9.82. The van der Waals surface area contributed by atoms with Crippen LogP contribution in [0.2, 0.25) is 0 Å². The van der Waals surface area contributed by atoms with Crippen LogP contribution < -0.4 is 4.90 Å². The molecule has 4 aromatic rings. The van der Waals surface area contributed by atoms with E-state index in [0.29, 0.717) is 11.3 Å². The number of esters is 1. The summed E-state index contributed by atoms with van der Waals surface area (Å²) in [7, 11) is 5.19. The van der Waals surface area contributed by atoms with Gasteiger partial charge in [0.05, 0.1) is 18.8 Å². The van der Waals surface area contributed by atoms with E-state index in [1.807, 2.05) is 37.9 Å². The number of benzene rings is 3. The van der Waals surface area contributed by atoms with Gasteiger partial charge in [0.1, 0.15) is 13.7 Å². The number of hydrogen-bond acceptors (Lipinski definition) is 4. The minimum atomic E-state index is -0.530. The predicted octanol–water partition coefficient (Wildman–Crippen LogP) is 5.81. The van der Waals surface area contributed by atoms with Crippen molar-refractivity contribution in [3.63, 3.8) is 0 Å². The van der Waals surface area contributed by atoms with Gasteiger partial charge in [-0.3, -0.25) is 9.48 Å². The Kier molecular flexibility index (Phi) is 8.15. The van der Waals surface area contributed by atoms with Crippen molar-refractivity contribution in [1.82, 2.24) is 9.78 Å². The molecule has 1 heterocycles. The van der Waals surface area contributed by atoms with Gasteiger partial charge >= 0.3 is 5.97 Å². The molecule has 40 heavy (non-hydrogen) atoms. The van der Waals surface area contributed by atoms with E-state index in [1.54, 1.807) is 11.0 Å². The molecular formula is C32H33BFN3O3. The molecule has 1 saturated carbocycles. The van der Waals surface area contributed by atoms with Crippen LogP contribution >= 0.6 is 0 Å². The van der Waals surface area contributed by atoms with Gasteiger partial charge in [0.15, 0.2) is 0 Å². The van der Waals surface area contributed by atoms with Crippen LogP contribution in [0.3, 0.4) is 0 Å². The number of rotatable bonds is 7. The average molecular weight is 537 g/mol. The van der Waals surface area contributed by atoms with Crippen LogP contribution in [0, 0.1) is 11.7 Å². The van der Waals surface area contributed by atoms with E-state index in [1.165, 1.54) is 31.4 Å². The summed E-state index contributed by atoms with van der Waals surface area (Å²) in [6.07, 6.45) is 9.45. The first-order valence-corrected chi connectivity index (χ1v) is 13.8. The summed E-state index contributed by atoms with van der Waals surface area (Å²) < 4.78 is 21.3. The number of aromatic nitrogens is 2. The van der Waals surface area contributed by atoms with E-state index in [2.05, 4.69) is 40.2 Å². The molecule has 8 heteroatoms. The van der Waals surface area contributed by atoms with Crippen LogP contribution in [0.1, 0.15) is 49.2 Å². The smallest absolute Gasteiger partial charge is 0.330 e. The highest BCUT2D eigenvalue weighted by atomic mass is 19.1. The fourth-order valence-electron chi connectivity index (χ4n) is 5.60. The summed E-state index contributed by atoms with van der Waals surface area (Å²) in [5, 5.41) is 5.41. The SMILES string of the molecule is BC(c1ccc(-c2ccc3c(cnn3C)c2)cc1)N(C(=O)C1CCCCC1)c1cc(F)cc(/C=C/C(=O)OC)c1. The topological polar surface area (TPSA) is 64.4 Å². The molecular weight excluding hydrogens is 504 g/mol. The Hall–Kier alpha value is -4.20. The zero-order valence-corrected chi connectivity index (χ0v) is 23.1. The van der Waals surface area contributed by atoms with E-state index in [4.69, 9.17) is 0 Å². The monoisotopic (exact) mass is 537 g/mol. The van der Waals surface area contributed by atoms with E-state index in [-0.39, 0.29) is 17.8 Å². The summed E-state index contributed by atoms with van der Waals surface area (Å²) in [5.74, 6) is -1.43. The molecule has 0 spiro atoms. The maximum Gasteiger partial charge on any atom is 0.330 e. The lowest BCUT2D eigenvalue weighted by molar-refractivity contribution is -0.134. The Morgan fingerprint density at radius 1 is 1.05 bits per heavy atom. The Morgan fingerprint density at radius 3 is 2.50 bits per heavy atom. The Morgan fingerprint density at radius 2 is 1.77 bits per heavy atom. The fourth-order valence-corrected chi connectivity index (χ4v) is 5.60. The standard InChI is InChI=1S/C32H33BFN3O3/c1-36-29-14-13-25(18-26(29)20-35-36)22-9-11-23(12-10-22)31(33)37(32(39)24-6-4-3-5-7-24)28-17-21(16-27(34)19-28)8-15-30(38)40-2/h8-20,24,31H,3-7,33H2,1-2H3/b15-8+. The Bertz CT molecular complexity index is 1560. The van der Waals surface area contributed by atoms with Gasteiger partial charge in [-0.2, -0.15) is 5.10 Å². The van der Waals surface area contributed by atoms with Crippen LogP contribution in [0.4, 0.5) is 10.1 Å². The highest BCUT2D eigenvalue weighted by Crippen LogP contribution is 2.34. The van der Waals surface area contributed by atoms with Gasteiger partial charge in [-0.15, -0.1) is 0 Å². The summed E-state index contributed by atoms with van der Waals surface area (Å²) in [6.45, 7) is 0. The number of amides is 1. The minimum Gasteiger partial charge on any atom is -0.466 e. The fraction of sp³-hybridized carbons (Fsp3) is 0.281. The molecule has 0 N–H and O–H groups in total. The second-order valence-electron chi connectivity index (χ2n) is 10.5. The molecule has 0 saturated heterocycles. The van der Waals surface area contributed by atoms with Crippen LogP contribution in [0.15, 0.2) is 72.9 Å². The zero-order chi connectivity index (χ0) is 28.2. The van der Waals surface area contributed by atoms with Crippen molar-refractivity contribution in [2.75, 3.05) is 12.0 Å². The van der Waals surface area contributed by atoms with Gasteiger partial charge in [0.25, 0.3) is 0 Å². The molecule has 1 amide bonds. The molecule has 0 radical (unpaired) electrons. The van der Waals surface area contributed by atoms with Crippen molar-refractivity contribution in [2.45, 2.75) is 38.0 Å². The molecule has 5 rings (SSSR count). The number of nitrogens with zero attached hydrogens (tertiary/aromatic N) is 3. The normalized spacial score (nSPS) is 14.9. The number of aryl methyl sites for hydroxylation is 1. The first kappa shape index (κ1) is 27.4. The molecule has 1 fully saturated rings. The van der Waals surface area contributed by atoms with Gasteiger partial charge in [-0.1, -0.05) is 49.6 Å². The van der Waals surface area contributed by atoms with Crippen molar-refractivity contribution in [2.24, 2.45) is 13.0 Å². The molecule has 3 aromatic carbocycles. The van der Waals surface area contributed by atoms with Gasteiger partial charge in [0.2, 0.25) is 5.91 Å².